The van der Waals surface area contributed by atoms with E-state index in [0.29, 0.717) is 61.9 Å². The second-order valence-corrected chi connectivity index (χ2v) is 6.26. The zero-order valence-electron chi connectivity index (χ0n) is 16.4. The van der Waals surface area contributed by atoms with E-state index in [-0.39, 0.29) is 17.7 Å². The molecule has 1 fully saturated rings. The first kappa shape index (κ1) is 20.8. The van der Waals surface area contributed by atoms with Gasteiger partial charge in [-0.2, -0.15) is 0 Å². The molecule has 1 aliphatic rings. The summed E-state index contributed by atoms with van der Waals surface area (Å²) in [5.74, 6) is 1.15. The number of ether oxygens (including phenoxy) is 4. The summed E-state index contributed by atoms with van der Waals surface area (Å²) in [5.41, 5.74) is 0.465. The molecule has 1 aromatic carbocycles. The van der Waals surface area contributed by atoms with Crippen LogP contribution in [-0.4, -0.2) is 71.4 Å². The zero-order valence-corrected chi connectivity index (χ0v) is 16.4. The lowest BCUT2D eigenvalue weighted by atomic mass is 9.95. The monoisotopic (exact) mass is 380 g/mol. The van der Waals surface area contributed by atoms with E-state index >= 15 is 0 Å². The number of carbonyl (C=O) groups excluding carboxylic acids is 2. The number of benzene rings is 1. The third-order valence-electron chi connectivity index (χ3n) is 4.67. The second-order valence-electron chi connectivity index (χ2n) is 6.26. The molecule has 0 atom stereocenters. The van der Waals surface area contributed by atoms with Crippen LogP contribution in [0, 0.1) is 5.92 Å². The molecule has 8 heteroatoms. The molecule has 0 spiro atoms. The predicted octanol–water partition coefficient (Wildman–Crippen LogP) is 1.33. The van der Waals surface area contributed by atoms with Gasteiger partial charge in [0.15, 0.2) is 11.5 Å². The van der Waals surface area contributed by atoms with Crippen LogP contribution in [0.1, 0.15) is 23.2 Å². The lowest BCUT2D eigenvalue weighted by Crippen LogP contribution is -2.43. The summed E-state index contributed by atoms with van der Waals surface area (Å²) in [6, 6.07) is 3.29. The van der Waals surface area contributed by atoms with Gasteiger partial charge in [-0.25, -0.2) is 0 Å². The molecule has 1 aliphatic heterocycles. The maximum Gasteiger partial charge on any atom is 0.254 e. The molecule has 1 aromatic rings. The van der Waals surface area contributed by atoms with Crippen molar-refractivity contribution in [1.29, 1.82) is 0 Å². The van der Waals surface area contributed by atoms with Crippen LogP contribution in [0.25, 0.3) is 0 Å². The van der Waals surface area contributed by atoms with Crippen molar-refractivity contribution in [3.63, 3.8) is 0 Å². The van der Waals surface area contributed by atoms with Gasteiger partial charge < -0.3 is 29.2 Å². The van der Waals surface area contributed by atoms with Crippen LogP contribution in [0.5, 0.6) is 17.2 Å². The minimum atomic E-state index is -0.118. The highest BCUT2D eigenvalue weighted by atomic mass is 16.5. The van der Waals surface area contributed by atoms with Crippen LogP contribution < -0.4 is 19.5 Å². The Hall–Kier alpha value is -2.48. The Morgan fingerprint density at radius 2 is 1.63 bits per heavy atom. The summed E-state index contributed by atoms with van der Waals surface area (Å²) in [7, 11) is 6.14. The maximum atomic E-state index is 12.9. The number of rotatable bonds is 8. The lowest BCUT2D eigenvalue weighted by Gasteiger charge is -2.31. The van der Waals surface area contributed by atoms with Gasteiger partial charge in [0, 0.05) is 38.2 Å². The molecule has 1 heterocycles. The molecule has 150 valence electrons. The van der Waals surface area contributed by atoms with E-state index in [0.717, 1.165) is 0 Å². The average molecular weight is 380 g/mol. The van der Waals surface area contributed by atoms with Gasteiger partial charge in [-0.1, -0.05) is 0 Å². The average Bonchev–Trinajstić information content (AvgIpc) is 2.72. The Bertz CT molecular complexity index is 631. The third-order valence-corrected chi connectivity index (χ3v) is 4.67. The van der Waals surface area contributed by atoms with Crippen LogP contribution in [0.4, 0.5) is 0 Å². The first-order valence-electron chi connectivity index (χ1n) is 8.91. The molecule has 1 N–H and O–H groups in total. The summed E-state index contributed by atoms with van der Waals surface area (Å²) >= 11 is 0. The van der Waals surface area contributed by atoms with E-state index < -0.39 is 0 Å². The van der Waals surface area contributed by atoms with Crippen molar-refractivity contribution in [3.8, 4) is 17.2 Å². The lowest BCUT2D eigenvalue weighted by molar-refractivity contribution is -0.126. The standard InChI is InChI=1S/C19H28N2O6/c1-24-10-7-20-18(22)13-5-8-21(9-6-13)19(23)14-11-15(25-2)17(27-4)16(12-14)26-3/h11-13H,5-10H2,1-4H3,(H,20,22). The number of piperidine rings is 1. The van der Waals surface area contributed by atoms with Crippen molar-refractivity contribution in [3.05, 3.63) is 17.7 Å². The van der Waals surface area contributed by atoms with Crippen LogP contribution in [0.2, 0.25) is 0 Å². The van der Waals surface area contributed by atoms with Crippen molar-refractivity contribution >= 4 is 11.8 Å². The normalized spacial score (nSPS) is 14.6. The van der Waals surface area contributed by atoms with Gasteiger partial charge in [0.25, 0.3) is 5.91 Å². The molecule has 0 saturated carbocycles. The highest BCUT2D eigenvalue weighted by molar-refractivity contribution is 5.96. The van der Waals surface area contributed by atoms with Crippen LogP contribution in [0.3, 0.4) is 0 Å². The minimum absolute atomic E-state index is 0.0203. The van der Waals surface area contributed by atoms with Gasteiger partial charge in [0.2, 0.25) is 11.7 Å². The molecule has 2 amide bonds. The fourth-order valence-electron chi connectivity index (χ4n) is 3.15. The summed E-state index contributed by atoms with van der Waals surface area (Å²) in [6.07, 6.45) is 1.27. The quantitative estimate of drug-likeness (QED) is 0.685. The Morgan fingerprint density at radius 3 is 2.11 bits per heavy atom. The summed E-state index contributed by atoms with van der Waals surface area (Å²) in [5, 5.41) is 2.86. The van der Waals surface area contributed by atoms with Gasteiger partial charge in [-0.05, 0) is 25.0 Å². The van der Waals surface area contributed by atoms with Crippen molar-refractivity contribution in [2.45, 2.75) is 12.8 Å². The summed E-state index contributed by atoms with van der Waals surface area (Å²) in [4.78, 5) is 26.8. The molecule has 1 saturated heterocycles. The van der Waals surface area contributed by atoms with Crippen LogP contribution in [-0.2, 0) is 9.53 Å². The Balaban J connectivity index is 2.02. The third kappa shape index (κ3) is 5.03. The largest absolute Gasteiger partial charge is 0.493 e. The molecule has 8 nitrogen and oxygen atoms in total. The number of carbonyl (C=O) groups is 2. The summed E-state index contributed by atoms with van der Waals surface area (Å²) in [6.45, 7) is 2.04. The van der Waals surface area contributed by atoms with Gasteiger partial charge in [0.05, 0.1) is 27.9 Å². The number of hydrogen-bond acceptors (Lipinski definition) is 6. The van der Waals surface area contributed by atoms with Crippen molar-refractivity contribution < 1.29 is 28.5 Å². The Morgan fingerprint density at radius 1 is 1.04 bits per heavy atom. The van der Waals surface area contributed by atoms with Gasteiger partial charge >= 0.3 is 0 Å². The second kappa shape index (κ2) is 10.0. The van der Waals surface area contributed by atoms with E-state index in [4.69, 9.17) is 18.9 Å². The fourth-order valence-corrected chi connectivity index (χ4v) is 3.15. The zero-order chi connectivity index (χ0) is 19.8. The van der Waals surface area contributed by atoms with Crippen LogP contribution >= 0.6 is 0 Å². The van der Waals surface area contributed by atoms with Crippen molar-refractivity contribution in [2.24, 2.45) is 5.92 Å². The molecule has 27 heavy (non-hydrogen) atoms. The molecular weight excluding hydrogens is 352 g/mol. The highest BCUT2D eigenvalue weighted by Gasteiger charge is 2.28. The van der Waals surface area contributed by atoms with Crippen molar-refractivity contribution in [2.75, 3.05) is 54.7 Å². The van der Waals surface area contributed by atoms with Crippen LogP contribution in [0.15, 0.2) is 12.1 Å². The molecule has 0 aromatic heterocycles. The van der Waals surface area contributed by atoms with Crippen molar-refractivity contribution in [1.82, 2.24) is 10.2 Å². The molecule has 0 unspecified atom stereocenters. The minimum Gasteiger partial charge on any atom is -0.493 e. The van der Waals surface area contributed by atoms with E-state index in [9.17, 15) is 9.59 Å². The molecular formula is C19H28N2O6. The highest BCUT2D eigenvalue weighted by Crippen LogP contribution is 2.38. The fraction of sp³-hybridized carbons (Fsp3) is 0.579. The number of amides is 2. The topological polar surface area (TPSA) is 86.3 Å². The molecule has 0 aliphatic carbocycles. The van der Waals surface area contributed by atoms with Gasteiger partial charge in [0.1, 0.15) is 0 Å². The molecule has 0 radical (unpaired) electrons. The van der Waals surface area contributed by atoms with E-state index in [1.807, 2.05) is 0 Å². The number of hydrogen-bond donors (Lipinski definition) is 1. The number of methoxy groups -OCH3 is 4. The Kier molecular flexibility index (Phi) is 7.72. The predicted molar refractivity (Wildman–Crippen MR) is 99.6 cm³/mol. The maximum absolute atomic E-state index is 12.9. The van der Waals surface area contributed by atoms with E-state index in [1.54, 1.807) is 24.1 Å². The van der Waals surface area contributed by atoms with E-state index in [1.165, 1.54) is 21.3 Å². The first-order valence-corrected chi connectivity index (χ1v) is 8.91. The SMILES string of the molecule is COCCNC(=O)C1CCN(C(=O)c2cc(OC)c(OC)c(OC)c2)CC1. The number of nitrogens with zero attached hydrogens (tertiary/aromatic N) is 1. The Labute approximate surface area is 159 Å². The van der Waals surface area contributed by atoms with Gasteiger partial charge in [-0.15, -0.1) is 0 Å². The molecule has 2 rings (SSSR count). The van der Waals surface area contributed by atoms with Gasteiger partial charge in [-0.3, -0.25) is 9.59 Å². The van der Waals surface area contributed by atoms with E-state index in [2.05, 4.69) is 5.32 Å². The smallest absolute Gasteiger partial charge is 0.254 e. The number of nitrogens with one attached hydrogen (secondary N) is 1. The number of likely N-dealkylation sites (tertiary alicyclic amines) is 1. The first-order chi connectivity index (χ1) is 13.0. The molecule has 0 bridgehead atoms. The summed E-state index contributed by atoms with van der Waals surface area (Å²) < 4.78 is 20.9.